The van der Waals surface area contributed by atoms with Gasteiger partial charge in [-0.2, -0.15) is 0 Å². The highest BCUT2D eigenvalue weighted by atomic mass is 16.7. The molecule has 0 bridgehead atoms. The minimum atomic E-state index is -0.354. The number of furan rings is 1. The zero-order chi connectivity index (χ0) is 22.2. The minimum Gasteiger partial charge on any atom is -0.454 e. The van der Waals surface area contributed by atoms with Crippen molar-refractivity contribution in [2.75, 3.05) is 13.6 Å². The first-order chi connectivity index (χ1) is 16.2. The molecule has 9 nitrogen and oxygen atoms in total. The van der Waals surface area contributed by atoms with E-state index in [1.165, 1.54) is 6.33 Å². The van der Waals surface area contributed by atoms with Gasteiger partial charge in [-0.3, -0.25) is 4.79 Å². The number of rotatable bonds is 5. The predicted octanol–water partition coefficient (Wildman–Crippen LogP) is 3.79. The number of fused-ring (bicyclic) bond motifs is 2. The van der Waals surface area contributed by atoms with E-state index < -0.39 is 0 Å². The van der Waals surface area contributed by atoms with Crippen LogP contribution >= 0.6 is 0 Å². The van der Waals surface area contributed by atoms with Crippen LogP contribution in [0.15, 0.2) is 65.6 Å². The SMILES string of the molecule is O=C(NCc1cncnc1)c1cc(-c2ccc3c(c2)OCO3)c(-c2ccc3c(c2)OCO3)o1. The topological polar surface area (TPSA) is 105 Å². The Kier molecular flexibility index (Phi) is 4.57. The van der Waals surface area contributed by atoms with Crippen LogP contribution in [0.1, 0.15) is 16.1 Å². The second-order valence-electron chi connectivity index (χ2n) is 7.42. The second-order valence-corrected chi connectivity index (χ2v) is 7.42. The van der Waals surface area contributed by atoms with Gasteiger partial charge in [0.25, 0.3) is 5.91 Å². The van der Waals surface area contributed by atoms with Gasteiger partial charge in [0.2, 0.25) is 13.6 Å². The van der Waals surface area contributed by atoms with Crippen molar-refractivity contribution < 1.29 is 28.2 Å². The van der Waals surface area contributed by atoms with Crippen molar-refractivity contribution in [2.45, 2.75) is 6.54 Å². The van der Waals surface area contributed by atoms with E-state index in [2.05, 4.69) is 15.3 Å². The van der Waals surface area contributed by atoms with Crippen LogP contribution in [0, 0.1) is 0 Å². The van der Waals surface area contributed by atoms with Gasteiger partial charge < -0.3 is 28.7 Å². The van der Waals surface area contributed by atoms with Crippen molar-refractivity contribution in [3.63, 3.8) is 0 Å². The van der Waals surface area contributed by atoms with Crippen molar-refractivity contribution in [1.82, 2.24) is 15.3 Å². The summed E-state index contributed by atoms with van der Waals surface area (Å²) in [5.41, 5.74) is 3.10. The van der Waals surface area contributed by atoms with Gasteiger partial charge in [0.05, 0.1) is 0 Å². The number of hydrogen-bond donors (Lipinski definition) is 1. The van der Waals surface area contributed by atoms with Crippen molar-refractivity contribution in [3.8, 4) is 45.4 Å². The normalized spacial score (nSPS) is 13.2. The third-order valence-corrected chi connectivity index (χ3v) is 5.34. The van der Waals surface area contributed by atoms with Gasteiger partial charge in [-0.05, 0) is 42.0 Å². The van der Waals surface area contributed by atoms with Gasteiger partial charge in [-0.15, -0.1) is 0 Å². The highest BCUT2D eigenvalue weighted by Crippen LogP contribution is 2.43. The van der Waals surface area contributed by atoms with Gasteiger partial charge in [-0.1, -0.05) is 6.07 Å². The van der Waals surface area contributed by atoms with Crippen LogP contribution in [0.4, 0.5) is 0 Å². The van der Waals surface area contributed by atoms with Crippen molar-refractivity contribution in [1.29, 1.82) is 0 Å². The molecule has 0 aliphatic carbocycles. The summed E-state index contributed by atoms with van der Waals surface area (Å²) in [6.07, 6.45) is 4.73. The lowest BCUT2D eigenvalue weighted by Crippen LogP contribution is -2.22. The number of benzene rings is 2. The molecule has 4 heterocycles. The Hall–Kier alpha value is -4.53. The van der Waals surface area contributed by atoms with Gasteiger partial charge in [0.1, 0.15) is 12.1 Å². The molecule has 2 aromatic carbocycles. The molecule has 2 aromatic heterocycles. The van der Waals surface area contributed by atoms with Crippen LogP contribution in [-0.2, 0) is 6.54 Å². The first kappa shape index (κ1) is 19.2. The highest BCUT2D eigenvalue weighted by Gasteiger charge is 2.23. The summed E-state index contributed by atoms with van der Waals surface area (Å²) in [6, 6.07) is 12.8. The van der Waals surface area contributed by atoms with E-state index in [9.17, 15) is 4.79 Å². The molecule has 2 aliphatic heterocycles. The lowest BCUT2D eigenvalue weighted by atomic mass is 10.0. The molecule has 1 N–H and O–H groups in total. The summed E-state index contributed by atoms with van der Waals surface area (Å²) in [7, 11) is 0. The number of nitrogens with one attached hydrogen (secondary N) is 1. The summed E-state index contributed by atoms with van der Waals surface area (Å²) in [4.78, 5) is 20.8. The molecule has 164 valence electrons. The minimum absolute atomic E-state index is 0.169. The number of carbonyl (C=O) groups is 1. The van der Waals surface area contributed by atoms with E-state index in [1.807, 2.05) is 36.4 Å². The average Bonchev–Trinajstić information content (AvgIpc) is 3.61. The summed E-state index contributed by atoms with van der Waals surface area (Å²) in [6.45, 7) is 0.623. The Morgan fingerprint density at radius 1 is 0.818 bits per heavy atom. The van der Waals surface area contributed by atoms with E-state index in [4.69, 9.17) is 23.4 Å². The Morgan fingerprint density at radius 3 is 2.18 bits per heavy atom. The molecule has 0 unspecified atom stereocenters. The van der Waals surface area contributed by atoms with Crippen molar-refractivity contribution in [2.24, 2.45) is 0 Å². The van der Waals surface area contributed by atoms with E-state index in [0.29, 0.717) is 28.8 Å². The number of aromatic nitrogens is 2. The highest BCUT2D eigenvalue weighted by molar-refractivity contribution is 5.95. The smallest absolute Gasteiger partial charge is 0.287 e. The fourth-order valence-corrected chi connectivity index (χ4v) is 3.72. The molecule has 2 aliphatic rings. The Bertz CT molecular complexity index is 1280. The lowest BCUT2D eigenvalue weighted by Gasteiger charge is -2.05. The molecule has 33 heavy (non-hydrogen) atoms. The van der Waals surface area contributed by atoms with Crippen molar-refractivity contribution in [3.05, 3.63) is 72.5 Å². The van der Waals surface area contributed by atoms with Gasteiger partial charge in [0.15, 0.2) is 28.8 Å². The van der Waals surface area contributed by atoms with Crippen LogP contribution < -0.4 is 24.3 Å². The molecule has 9 heteroatoms. The Labute approximate surface area is 187 Å². The standard InChI is InChI=1S/C24H17N3O6/c28-24(27-10-14-8-25-11-26-9-14)22-7-17(15-1-3-18-20(5-15)31-12-29-18)23(33-22)16-2-4-19-21(6-16)32-13-30-19/h1-9,11H,10,12-13H2,(H,27,28). The number of hydrogen-bond acceptors (Lipinski definition) is 8. The zero-order valence-corrected chi connectivity index (χ0v) is 17.2. The molecule has 1 amide bonds. The largest absolute Gasteiger partial charge is 0.454 e. The maximum Gasteiger partial charge on any atom is 0.287 e. The average molecular weight is 443 g/mol. The van der Waals surface area contributed by atoms with E-state index in [0.717, 1.165) is 22.3 Å². The third-order valence-electron chi connectivity index (χ3n) is 5.34. The first-order valence-corrected chi connectivity index (χ1v) is 10.2. The van der Waals surface area contributed by atoms with Crippen LogP contribution in [0.3, 0.4) is 0 Å². The number of carbonyl (C=O) groups excluding carboxylic acids is 1. The molecule has 0 fully saturated rings. The van der Waals surface area contributed by atoms with Crippen LogP contribution in [0.2, 0.25) is 0 Å². The van der Waals surface area contributed by atoms with Crippen LogP contribution in [-0.4, -0.2) is 29.5 Å². The number of nitrogens with zero attached hydrogens (tertiary/aromatic N) is 2. The molecular formula is C24H17N3O6. The molecule has 6 rings (SSSR count). The van der Waals surface area contributed by atoms with E-state index in [-0.39, 0.29) is 31.8 Å². The maximum atomic E-state index is 12.9. The van der Waals surface area contributed by atoms with Crippen LogP contribution in [0.5, 0.6) is 23.0 Å². The Balaban J connectivity index is 1.38. The van der Waals surface area contributed by atoms with Gasteiger partial charge >= 0.3 is 0 Å². The molecule has 0 saturated heterocycles. The number of amides is 1. The van der Waals surface area contributed by atoms with Gasteiger partial charge in [-0.25, -0.2) is 9.97 Å². The molecule has 0 saturated carbocycles. The molecule has 0 radical (unpaired) electrons. The lowest BCUT2D eigenvalue weighted by molar-refractivity contribution is 0.0924. The summed E-state index contributed by atoms with van der Waals surface area (Å²) >= 11 is 0. The third kappa shape index (κ3) is 3.59. The summed E-state index contributed by atoms with van der Waals surface area (Å²) in [5, 5.41) is 2.84. The van der Waals surface area contributed by atoms with E-state index >= 15 is 0 Å². The molecular weight excluding hydrogens is 426 g/mol. The number of ether oxygens (including phenoxy) is 4. The predicted molar refractivity (Wildman–Crippen MR) is 115 cm³/mol. The van der Waals surface area contributed by atoms with Crippen LogP contribution in [0.25, 0.3) is 22.5 Å². The Morgan fingerprint density at radius 2 is 1.45 bits per heavy atom. The van der Waals surface area contributed by atoms with E-state index in [1.54, 1.807) is 18.5 Å². The fourth-order valence-electron chi connectivity index (χ4n) is 3.72. The molecule has 0 spiro atoms. The summed E-state index contributed by atoms with van der Waals surface area (Å²) in [5.74, 6) is 2.95. The maximum absolute atomic E-state index is 12.9. The first-order valence-electron chi connectivity index (χ1n) is 10.2. The van der Waals surface area contributed by atoms with Crippen molar-refractivity contribution >= 4 is 5.91 Å². The quantitative estimate of drug-likeness (QED) is 0.497. The second kappa shape index (κ2) is 7.86. The summed E-state index contributed by atoms with van der Waals surface area (Å²) < 4.78 is 28.0. The zero-order valence-electron chi connectivity index (χ0n) is 17.2. The fraction of sp³-hybridized carbons (Fsp3) is 0.125. The monoisotopic (exact) mass is 443 g/mol. The molecule has 0 atom stereocenters. The van der Waals surface area contributed by atoms with Gasteiger partial charge in [0, 0.05) is 35.6 Å². The molecule has 4 aromatic rings.